The molecule has 3 N–H and O–H groups in total. The summed E-state index contributed by atoms with van der Waals surface area (Å²) in [5, 5.41) is 18.9. The number of halogens is 1. The van der Waals surface area contributed by atoms with E-state index in [4.69, 9.17) is 11.6 Å². The van der Waals surface area contributed by atoms with E-state index < -0.39 is 12.2 Å². The minimum atomic E-state index is -1.07. The standard InChI is InChI=1S/C9H12ClNO3/c1-5-2-8(13)11-4-6(5)9(14)7(12)3-10/h2,4,7,9,12,14H,3H2,1H3,(H,11,13). The summed E-state index contributed by atoms with van der Waals surface area (Å²) in [6.45, 7) is 1.69. The van der Waals surface area contributed by atoms with Gasteiger partial charge in [0.25, 0.3) is 0 Å². The molecule has 1 aromatic heterocycles. The van der Waals surface area contributed by atoms with Gasteiger partial charge in [-0.05, 0) is 12.5 Å². The zero-order valence-electron chi connectivity index (χ0n) is 7.70. The van der Waals surface area contributed by atoms with E-state index in [1.165, 1.54) is 12.3 Å². The quantitative estimate of drug-likeness (QED) is 0.639. The van der Waals surface area contributed by atoms with Gasteiger partial charge in [-0.25, -0.2) is 0 Å². The van der Waals surface area contributed by atoms with Crippen molar-refractivity contribution in [2.24, 2.45) is 0 Å². The van der Waals surface area contributed by atoms with E-state index >= 15 is 0 Å². The maximum Gasteiger partial charge on any atom is 0.248 e. The average Bonchev–Trinajstić information content (AvgIpc) is 2.15. The fourth-order valence-corrected chi connectivity index (χ4v) is 1.36. The lowest BCUT2D eigenvalue weighted by atomic mass is 10.0. The molecule has 0 saturated heterocycles. The molecule has 1 heterocycles. The number of aromatic amines is 1. The molecule has 14 heavy (non-hydrogen) atoms. The first kappa shape index (κ1) is 11.2. The molecule has 0 radical (unpaired) electrons. The Morgan fingerprint density at radius 3 is 2.71 bits per heavy atom. The first-order chi connectivity index (χ1) is 6.56. The van der Waals surface area contributed by atoms with Crippen molar-refractivity contribution < 1.29 is 10.2 Å². The maximum atomic E-state index is 10.9. The highest BCUT2D eigenvalue weighted by Crippen LogP contribution is 2.19. The van der Waals surface area contributed by atoms with Gasteiger partial charge in [-0.2, -0.15) is 0 Å². The highest BCUT2D eigenvalue weighted by molar-refractivity contribution is 6.18. The van der Waals surface area contributed by atoms with Crippen molar-refractivity contribution in [2.75, 3.05) is 5.88 Å². The van der Waals surface area contributed by atoms with Crippen molar-refractivity contribution in [1.29, 1.82) is 0 Å². The fourth-order valence-electron chi connectivity index (χ4n) is 1.19. The molecule has 1 aromatic rings. The van der Waals surface area contributed by atoms with Gasteiger partial charge < -0.3 is 15.2 Å². The van der Waals surface area contributed by atoms with Crippen LogP contribution in [-0.2, 0) is 0 Å². The van der Waals surface area contributed by atoms with Crippen LogP contribution in [0.15, 0.2) is 17.1 Å². The molecule has 0 fully saturated rings. The molecule has 0 bridgehead atoms. The lowest BCUT2D eigenvalue weighted by Gasteiger charge is -2.17. The van der Waals surface area contributed by atoms with Crippen molar-refractivity contribution in [3.05, 3.63) is 33.7 Å². The molecule has 1 rings (SSSR count). The molecule has 0 aliphatic rings. The minimum Gasteiger partial charge on any atom is -0.389 e. The second kappa shape index (κ2) is 4.59. The molecule has 0 saturated carbocycles. The van der Waals surface area contributed by atoms with Gasteiger partial charge in [0, 0.05) is 17.8 Å². The van der Waals surface area contributed by atoms with Crippen molar-refractivity contribution in [3.63, 3.8) is 0 Å². The largest absolute Gasteiger partial charge is 0.389 e. The summed E-state index contributed by atoms with van der Waals surface area (Å²) >= 11 is 5.40. The molecule has 0 aliphatic carbocycles. The molecule has 2 unspecified atom stereocenters. The predicted octanol–water partition coefficient (Wildman–Crippen LogP) is 0.316. The number of H-pyrrole nitrogens is 1. The van der Waals surface area contributed by atoms with Crippen LogP contribution in [0.25, 0.3) is 0 Å². The molecule has 78 valence electrons. The van der Waals surface area contributed by atoms with Crippen LogP contribution in [0.5, 0.6) is 0 Å². The van der Waals surface area contributed by atoms with Gasteiger partial charge in [0.15, 0.2) is 0 Å². The van der Waals surface area contributed by atoms with Crippen molar-refractivity contribution in [3.8, 4) is 0 Å². The van der Waals surface area contributed by atoms with E-state index in [0.29, 0.717) is 11.1 Å². The average molecular weight is 218 g/mol. The van der Waals surface area contributed by atoms with Crippen LogP contribution in [0.2, 0.25) is 0 Å². The van der Waals surface area contributed by atoms with Crippen LogP contribution in [-0.4, -0.2) is 27.2 Å². The fraction of sp³-hybridized carbons (Fsp3) is 0.444. The van der Waals surface area contributed by atoms with Crippen LogP contribution in [0.3, 0.4) is 0 Å². The predicted molar refractivity (Wildman–Crippen MR) is 53.5 cm³/mol. The van der Waals surface area contributed by atoms with Crippen LogP contribution in [0, 0.1) is 6.92 Å². The van der Waals surface area contributed by atoms with Gasteiger partial charge in [-0.1, -0.05) is 0 Å². The van der Waals surface area contributed by atoms with E-state index in [1.807, 2.05) is 0 Å². The van der Waals surface area contributed by atoms with E-state index in [1.54, 1.807) is 6.92 Å². The number of pyridine rings is 1. The maximum absolute atomic E-state index is 10.9. The summed E-state index contributed by atoms with van der Waals surface area (Å²) in [7, 11) is 0. The highest BCUT2D eigenvalue weighted by Gasteiger charge is 2.19. The molecule has 0 aliphatic heterocycles. The van der Waals surface area contributed by atoms with Gasteiger partial charge in [0.1, 0.15) is 6.10 Å². The van der Waals surface area contributed by atoms with Gasteiger partial charge in [-0.15, -0.1) is 11.6 Å². The van der Waals surface area contributed by atoms with E-state index in [-0.39, 0.29) is 11.4 Å². The first-order valence-electron chi connectivity index (χ1n) is 4.17. The molecular weight excluding hydrogens is 206 g/mol. The zero-order chi connectivity index (χ0) is 10.7. The molecule has 0 aromatic carbocycles. The number of rotatable bonds is 3. The second-order valence-electron chi connectivity index (χ2n) is 3.10. The Labute approximate surface area is 86.2 Å². The topological polar surface area (TPSA) is 73.3 Å². The van der Waals surface area contributed by atoms with Crippen molar-refractivity contribution >= 4 is 11.6 Å². The molecule has 2 atom stereocenters. The van der Waals surface area contributed by atoms with E-state index in [2.05, 4.69) is 4.98 Å². The van der Waals surface area contributed by atoms with Crippen LogP contribution < -0.4 is 5.56 Å². The summed E-state index contributed by atoms with van der Waals surface area (Å²) in [6, 6.07) is 1.36. The number of aryl methyl sites for hydroxylation is 1. The highest BCUT2D eigenvalue weighted by atomic mass is 35.5. The third-order valence-electron chi connectivity index (χ3n) is 2.01. The second-order valence-corrected chi connectivity index (χ2v) is 3.41. The molecule has 4 nitrogen and oxygen atoms in total. The Hall–Kier alpha value is -0.840. The van der Waals surface area contributed by atoms with Gasteiger partial charge in [0.05, 0.1) is 12.0 Å². The third-order valence-corrected chi connectivity index (χ3v) is 2.33. The summed E-state index contributed by atoms with van der Waals surface area (Å²) in [4.78, 5) is 13.3. The normalized spacial score (nSPS) is 15.1. The molecule has 5 heteroatoms. The van der Waals surface area contributed by atoms with E-state index in [0.717, 1.165) is 0 Å². The minimum absolute atomic E-state index is 0.0558. The third kappa shape index (κ3) is 2.35. The number of hydrogen-bond donors (Lipinski definition) is 3. The number of alkyl halides is 1. The Morgan fingerprint density at radius 1 is 1.57 bits per heavy atom. The van der Waals surface area contributed by atoms with Gasteiger partial charge in [-0.3, -0.25) is 4.79 Å². The number of aromatic nitrogens is 1. The Balaban J connectivity index is 3.01. The lowest BCUT2D eigenvalue weighted by Crippen LogP contribution is -2.21. The SMILES string of the molecule is Cc1cc(=O)[nH]cc1C(O)C(O)CCl. The first-order valence-corrected chi connectivity index (χ1v) is 4.71. The van der Waals surface area contributed by atoms with Crippen molar-refractivity contribution in [1.82, 2.24) is 4.98 Å². The molecule has 0 spiro atoms. The number of aliphatic hydroxyl groups is 2. The summed E-state index contributed by atoms with van der Waals surface area (Å²) in [5.74, 6) is -0.0558. The summed E-state index contributed by atoms with van der Waals surface area (Å²) < 4.78 is 0. The Morgan fingerprint density at radius 2 is 2.21 bits per heavy atom. The van der Waals surface area contributed by atoms with Crippen LogP contribution in [0.4, 0.5) is 0 Å². The Bertz CT molecular complexity index is 363. The number of nitrogens with one attached hydrogen (secondary N) is 1. The lowest BCUT2D eigenvalue weighted by molar-refractivity contribution is 0.0321. The Kier molecular flexibility index (Phi) is 3.69. The summed E-state index contributed by atoms with van der Waals surface area (Å²) in [5.41, 5.74) is 0.877. The molecular formula is C9H12ClNO3. The number of aliphatic hydroxyl groups excluding tert-OH is 2. The monoisotopic (exact) mass is 217 g/mol. The number of hydrogen-bond acceptors (Lipinski definition) is 3. The van der Waals surface area contributed by atoms with Gasteiger partial charge >= 0.3 is 0 Å². The molecule has 0 amide bonds. The van der Waals surface area contributed by atoms with Crippen molar-refractivity contribution in [2.45, 2.75) is 19.1 Å². The van der Waals surface area contributed by atoms with Crippen LogP contribution >= 0.6 is 11.6 Å². The summed E-state index contributed by atoms with van der Waals surface area (Å²) in [6.07, 6.45) is -0.705. The smallest absolute Gasteiger partial charge is 0.248 e. The van der Waals surface area contributed by atoms with E-state index in [9.17, 15) is 15.0 Å². The van der Waals surface area contributed by atoms with Gasteiger partial charge in [0.2, 0.25) is 5.56 Å². The van der Waals surface area contributed by atoms with Crippen LogP contribution in [0.1, 0.15) is 17.2 Å². The zero-order valence-corrected chi connectivity index (χ0v) is 8.45.